The average Bonchev–Trinajstić information content (AvgIpc) is 3.26. The van der Waals surface area contributed by atoms with Gasteiger partial charge in [-0.25, -0.2) is 0 Å². The van der Waals surface area contributed by atoms with Crippen molar-refractivity contribution >= 4 is 52.5 Å². The van der Waals surface area contributed by atoms with Crippen LogP contribution in [0.5, 0.6) is 0 Å². The molecule has 4 aliphatic rings. The number of benzene rings is 2. The standard InChI is InChI=1S/C34H38ClN3O4S/c1-5-21(2)25(20-39)38-29-32(42)37(28-22(3)12-9-15-24(28)35)19-11-17-34(29)27(31(38)41)26-30(40)36(23-13-7-6-8-14-23)18-10-16-33(26,4)43-34/h6-17,21,25-27,29,39H,5,18-20H2,1-4H3/t21-,25-,26+,27-,29?,33-,34-/m0/s1. The van der Waals surface area contributed by atoms with Gasteiger partial charge in [0.15, 0.2) is 0 Å². The molecule has 6 rings (SSSR count). The van der Waals surface area contributed by atoms with E-state index < -0.39 is 33.4 Å². The molecule has 3 amide bonds. The van der Waals surface area contributed by atoms with Crippen LogP contribution in [-0.4, -0.2) is 69.0 Å². The molecule has 2 aromatic rings. The molecule has 0 radical (unpaired) electrons. The molecule has 9 heteroatoms. The first kappa shape index (κ1) is 30.0. The van der Waals surface area contributed by atoms with E-state index in [0.717, 1.165) is 11.3 Å². The number of likely N-dealkylation sites (tertiary alicyclic amines) is 1. The van der Waals surface area contributed by atoms with Crippen LogP contribution in [-0.2, 0) is 14.4 Å². The number of para-hydroxylation sites is 2. The zero-order valence-corrected chi connectivity index (χ0v) is 26.5. The number of thioether (sulfide) groups is 1. The molecule has 1 spiro atoms. The SMILES string of the molecule is CC[C@H](C)[C@H](CO)N1C(=O)[C@@H]2[C@@H]3C(=O)N(c4ccccc4)CC=C[C@]3(C)S[C@@]23C=CCN(c2c(C)cccc2Cl)C(=O)C13. The molecule has 2 aromatic carbocycles. The van der Waals surface area contributed by atoms with Crippen molar-refractivity contribution in [1.82, 2.24) is 4.90 Å². The summed E-state index contributed by atoms with van der Waals surface area (Å²) in [5, 5.41) is 11.2. The fourth-order valence-corrected chi connectivity index (χ4v) is 10.1. The van der Waals surface area contributed by atoms with Crippen molar-refractivity contribution in [3.05, 3.63) is 83.4 Å². The van der Waals surface area contributed by atoms with Gasteiger partial charge in [-0.05, 0) is 43.5 Å². The highest BCUT2D eigenvalue weighted by Crippen LogP contribution is 2.66. The third-order valence-corrected chi connectivity index (χ3v) is 12.0. The molecule has 0 aromatic heterocycles. The molecule has 1 unspecified atom stereocenters. The van der Waals surface area contributed by atoms with Crippen molar-refractivity contribution in [2.45, 2.75) is 55.7 Å². The van der Waals surface area contributed by atoms with Crippen molar-refractivity contribution in [1.29, 1.82) is 0 Å². The number of hydrogen-bond donors (Lipinski definition) is 1. The Morgan fingerprint density at radius 1 is 0.953 bits per heavy atom. The van der Waals surface area contributed by atoms with Gasteiger partial charge in [0.1, 0.15) is 6.04 Å². The number of hydrogen-bond acceptors (Lipinski definition) is 5. The number of halogens is 1. The summed E-state index contributed by atoms with van der Waals surface area (Å²) < 4.78 is -1.74. The number of rotatable bonds is 6. The maximum atomic E-state index is 14.9. The minimum atomic E-state index is -1.02. The minimum absolute atomic E-state index is 0.0673. The van der Waals surface area contributed by atoms with E-state index in [2.05, 4.69) is 6.08 Å². The predicted molar refractivity (Wildman–Crippen MR) is 172 cm³/mol. The van der Waals surface area contributed by atoms with Crippen LogP contribution in [0, 0.1) is 24.7 Å². The van der Waals surface area contributed by atoms with E-state index >= 15 is 0 Å². The number of aliphatic hydroxyl groups excluding tert-OH is 1. The second kappa shape index (κ2) is 11.1. The Morgan fingerprint density at radius 3 is 2.33 bits per heavy atom. The Morgan fingerprint density at radius 2 is 1.65 bits per heavy atom. The van der Waals surface area contributed by atoms with Gasteiger partial charge in [0.25, 0.3) is 5.91 Å². The Kier molecular flexibility index (Phi) is 7.76. The zero-order chi connectivity index (χ0) is 30.7. The molecule has 43 heavy (non-hydrogen) atoms. The number of amides is 3. The molecule has 2 fully saturated rings. The van der Waals surface area contributed by atoms with Crippen LogP contribution in [0.1, 0.15) is 32.8 Å². The van der Waals surface area contributed by atoms with E-state index in [9.17, 15) is 19.5 Å². The van der Waals surface area contributed by atoms with Crippen molar-refractivity contribution in [3.8, 4) is 0 Å². The largest absolute Gasteiger partial charge is 0.394 e. The average molecular weight is 620 g/mol. The fourth-order valence-electron chi connectivity index (χ4n) is 7.64. The second-order valence-corrected chi connectivity index (χ2v) is 14.5. The molecule has 0 saturated carbocycles. The molecule has 7 atom stereocenters. The first-order chi connectivity index (χ1) is 20.6. The topological polar surface area (TPSA) is 81.2 Å². The molecule has 4 aliphatic heterocycles. The maximum absolute atomic E-state index is 14.9. The van der Waals surface area contributed by atoms with E-state index in [-0.39, 0.29) is 36.8 Å². The van der Waals surface area contributed by atoms with Gasteiger partial charge in [-0.1, -0.05) is 86.5 Å². The quantitative estimate of drug-likeness (QED) is 0.447. The number of nitrogens with zero attached hydrogens (tertiary/aromatic N) is 3. The van der Waals surface area contributed by atoms with E-state index in [1.54, 1.807) is 32.5 Å². The lowest BCUT2D eigenvalue weighted by molar-refractivity contribution is -0.143. The van der Waals surface area contributed by atoms with Gasteiger partial charge in [-0.15, -0.1) is 11.8 Å². The summed E-state index contributed by atoms with van der Waals surface area (Å²) in [5.74, 6) is -2.20. The Bertz CT molecular complexity index is 1490. The Labute approximate surface area is 262 Å². The minimum Gasteiger partial charge on any atom is -0.394 e. The summed E-state index contributed by atoms with van der Waals surface area (Å²) >= 11 is 8.24. The number of carbonyl (C=O) groups is 3. The van der Waals surface area contributed by atoms with Gasteiger partial charge in [-0.2, -0.15) is 0 Å². The highest BCUT2D eigenvalue weighted by atomic mass is 35.5. The van der Waals surface area contributed by atoms with Crippen molar-refractivity contribution in [2.24, 2.45) is 17.8 Å². The highest BCUT2D eigenvalue weighted by Gasteiger charge is 2.74. The Balaban J connectivity index is 1.53. The number of aryl methyl sites for hydroxylation is 1. The molecule has 0 aliphatic carbocycles. The second-order valence-electron chi connectivity index (χ2n) is 12.3. The van der Waals surface area contributed by atoms with Crippen LogP contribution in [0.3, 0.4) is 0 Å². The van der Waals surface area contributed by atoms with Gasteiger partial charge in [0, 0.05) is 23.5 Å². The molecule has 2 saturated heterocycles. The van der Waals surface area contributed by atoms with Crippen LogP contribution < -0.4 is 9.80 Å². The lowest BCUT2D eigenvalue weighted by Gasteiger charge is -2.41. The summed E-state index contributed by atoms with van der Waals surface area (Å²) in [5.41, 5.74) is 2.24. The molecule has 0 bridgehead atoms. The molecule has 1 N–H and O–H groups in total. The van der Waals surface area contributed by atoms with Crippen LogP contribution in [0.25, 0.3) is 0 Å². The van der Waals surface area contributed by atoms with E-state index in [1.807, 2.05) is 88.4 Å². The lowest BCUT2D eigenvalue weighted by atomic mass is 9.74. The van der Waals surface area contributed by atoms with Crippen LogP contribution in [0.4, 0.5) is 11.4 Å². The molecule has 7 nitrogen and oxygen atoms in total. The number of fused-ring (bicyclic) bond motifs is 2. The third kappa shape index (κ3) is 4.47. The van der Waals surface area contributed by atoms with Crippen molar-refractivity contribution in [3.63, 3.8) is 0 Å². The van der Waals surface area contributed by atoms with Gasteiger partial charge >= 0.3 is 0 Å². The maximum Gasteiger partial charge on any atom is 0.251 e. The smallest absolute Gasteiger partial charge is 0.251 e. The predicted octanol–water partition coefficient (Wildman–Crippen LogP) is 5.25. The van der Waals surface area contributed by atoms with Crippen LogP contribution in [0.2, 0.25) is 5.02 Å². The van der Waals surface area contributed by atoms with E-state index in [1.165, 1.54) is 0 Å². The summed E-state index contributed by atoms with van der Waals surface area (Å²) in [6.07, 6.45) is 8.74. The summed E-state index contributed by atoms with van der Waals surface area (Å²) in [6, 6.07) is 13.5. The van der Waals surface area contributed by atoms with Crippen molar-refractivity contribution < 1.29 is 19.5 Å². The van der Waals surface area contributed by atoms with Gasteiger partial charge < -0.3 is 19.8 Å². The number of carbonyl (C=O) groups excluding carboxylic acids is 3. The normalized spacial score (nSPS) is 31.4. The first-order valence-electron chi connectivity index (χ1n) is 15.0. The molecule has 226 valence electrons. The number of anilines is 2. The number of aliphatic hydroxyl groups is 1. The molecule has 4 heterocycles. The monoisotopic (exact) mass is 619 g/mol. The summed E-state index contributed by atoms with van der Waals surface area (Å²) in [7, 11) is 0. The third-order valence-electron chi connectivity index (χ3n) is 9.87. The first-order valence-corrected chi connectivity index (χ1v) is 16.2. The van der Waals surface area contributed by atoms with Gasteiger partial charge in [-0.3, -0.25) is 14.4 Å². The lowest BCUT2D eigenvalue weighted by Crippen LogP contribution is -2.58. The van der Waals surface area contributed by atoms with Crippen LogP contribution >= 0.6 is 23.4 Å². The van der Waals surface area contributed by atoms with Gasteiger partial charge in [0.05, 0.1) is 39.9 Å². The van der Waals surface area contributed by atoms with Crippen LogP contribution in [0.15, 0.2) is 72.8 Å². The van der Waals surface area contributed by atoms with Crippen molar-refractivity contribution in [2.75, 3.05) is 29.5 Å². The molecular formula is C34H38ClN3O4S. The van der Waals surface area contributed by atoms with E-state index in [0.29, 0.717) is 23.7 Å². The summed E-state index contributed by atoms with van der Waals surface area (Å²) in [6.45, 7) is 8.35. The Hall–Kier alpha value is -3.07. The fraction of sp³-hybridized carbons (Fsp3) is 0.441. The highest BCUT2D eigenvalue weighted by molar-refractivity contribution is 8.02. The summed E-state index contributed by atoms with van der Waals surface area (Å²) in [4.78, 5) is 49.4. The molecular weight excluding hydrogens is 582 g/mol. The zero-order valence-electron chi connectivity index (χ0n) is 24.9. The van der Waals surface area contributed by atoms with E-state index in [4.69, 9.17) is 11.6 Å². The van der Waals surface area contributed by atoms with Gasteiger partial charge in [0.2, 0.25) is 11.8 Å².